The summed E-state index contributed by atoms with van der Waals surface area (Å²) < 4.78 is 25.4. The lowest BCUT2D eigenvalue weighted by atomic mass is 9.93. The van der Waals surface area contributed by atoms with Crippen molar-refractivity contribution in [2.45, 2.75) is 25.7 Å². The highest BCUT2D eigenvalue weighted by Gasteiger charge is 2.27. The molecule has 0 radical (unpaired) electrons. The molecule has 5 rings (SSSR count). The summed E-state index contributed by atoms with van der Waals surface area (Å²) in [5.74, 6) is -0.0503. The Balaban J connectivity index is 1.34. The van der Waals surface area contributed by atoms with E-state index in [9.17, 15) is 13.2 Å². The highest BCUT2D eigenvalue weighted by Crippen LogP contribution is 2.34. The molecule has 0 unspecified atom stereocenters. The molecule has 1 aliphatic carbocycles. The Kier molecular flexibility index (Phi) is 6.24. The van der Waals surface area contributed by atoms with Crippen molar-refractivity contribution in [3.63, 3.8) is 0 Å². The van der Waals surface area contributed by atoms with Gasteiger partial charge in [0.15, 0.2) is 0 Å². The summed E-state index contributed by atoms with van der Waals surface area (Å²) >= 11 is 0. The molecule has 0 saturated heterocycles. The number of rotatable bonds is 5. The van der Waals surface area contributed by atoms with E-state index in [4.69, 9.17) is 0 Å². The molecule has 0 saturated carbocycles. The lowest BCUT2D eigenvalue weighted by Crippen LogP contribution is -2.28. The molecule has 0 bridgehead atoms. The zero-order chi connectivity index (χ0) is 24.6. The maximum atomic E-state index is 13.1. The van der Waals surface area contributed by atoms with E-state index in [0.29, 0.717) is 30.8 Å². The second-order valence-electron chi connectivity index (χ2n) is 9.38. The van der Waals surface area contributed by atoms with Crippen LogP contribution in [-0.4, -0.2) is 45.6 Å². The Bertz CT molecular complexity index is 1380. The lowest BCUT2D eigenvalue weighted by molar-refractivity contribution is 0.0797. The highest BCUT2D eigenvalue weighted by molar-refractivity contribution is 7.92. The first kappa shape index (κ1) is 23.4. The van der Waals surface area contributed by atoms with Gasteiger partial charge in [0.2, 0.25) is 10.0 Å². The average Bonchev–Trinajstić information content (AvgIpc) is 3.22. The van der Waals surface area contributed by atoms with Gasteiger partial charge in [-0.2, -0.15) is 0 Å². The fraction of sp³-hybridized carbons (Fsp3) is 0.276. The van der Waals surface area contributed by atoms with E-state index in [0.717, 1.165) is 24.8 Å². The van der Waals surface area contributed by atoms with Gasteiger partial charge < -0.3 is 4.90 Å². The zero-order valence-electron chi connectivity index (χ0n) is 20.2. The minimum Gasteiger partial charge on any atom is -0.341 e. The van der Waals surface area contributed by atoms with Crippen LogP contribution in [0.4, 0.5) is 5.69 Å². The number of benzene rings is 3. The molecule has 3 aromatic rings. The van der Waals surface area contributed by atoms with Gasteiger partial charge in [-0.15, -0.1) is 0 Å². The molecular weight excluding hydrogens is 456 g/mol. The monoisotopic (exact) mass is 486 g/mol. The Hall–Kier alpha value is -3.38. The third kappa shape index (κ3) is 4.63. The van der Waals surface area contributed by atoms with E-state index in [1.807, 2.05) is 13.1 Å². The fourth-order valence-electron chi connectivity index (χ4n) is 5.21. The second-order valence-corrected chi connectivity index (χ2v) is 11.3. The molecule has 35 heavy (non-hydrogen) atoms. The standard InChI is InChI=1S/C29H30N2O3S/c1-30(29(32)24-15-16-28-23(20-24)17-19-31(28)35(2,33)34)18-7-12-27-25-10-5-3-8-21(25)13-14-22-9-4-6-11-26(22)27/h3-6,8-12,15-16,20H,7,13-14,17-19H2,1-2H3. The van der Waals surface area contributed by atoms with Gasteiger partial charge in [-0.3, -0.25) is 9.10 Å². The third-order valence-electron chi connectivity index (χ3n) is 7.02. The van der Waals surface area contributed by atoms with Crippen molar-refractivity contribution >= 4 is 27.2 Å². The number of anilines is 1. The average molecular weight is 487 g/mol. The van der Waals surface area contributed by atoms with Crippen LogP contribution in [0.15, 0.2) is 72.8 Å². The lowest BCUT2D eigenvalue weighted by Gasteiger charge is -2.19. The zero-order valence-corrected chi connectivity index (χ0v) is 21.0. The molecule has 5 nitrogen and oxygen atoms in total. The maximum Gasteiger partial charge on any atom is 0.253 e. The van der Waals surface area contributed by atoms with Crippen LogP contribution in [0.1, 0.15) is 44.6 Å². The van der Waals surface area contributed by atoms with Gasteiger partial charge in [0.05, 0.1) is 11.9 Å². The van der Waals surface area contributed by atoms with Crippen molar-refractivity contribution < 1.29 is 13.2 Å². The Morgan fingerprint density at radius 3 is 2.17 bits per heavy atom. The summed E-state index contributed by atoms with van der Waals surface area (Å²) in [7, 11) is -1.48. The number of amides is 1. The smallest absolute Gasteiger partial charge is 0.253 e. The number of hydrogen-bond donors (Lipinski definition) is 0. The van der Waals surface area contributed by atoms with Gasteiger partial charge in [0.1, 0.15) is 0 Å². The number of nitrogens with zero attached hydrogens (tertiary/aromatic N) is 2. The quantitative estimate of drug-likeness (QED) is 0.525. The predicted octanol–water partition coefficient (Wildman–Crippen LogP) is 4.70. The molecule has 1 amide bonds. The first-order valence-electron chi connectivity index (χ1n) is 12.1. The van der Waals surface area contributed by atoms with Crippen molar-refractivity contribution in [3.8, 4) is 0 Å². The van der Waals surface area contributed by atoms with Crippen molar-refractivity contribution in [1.82, 2.24) is 4.90 Å². The summed E-state index contributed by atoms with van der Waals surface area (Å²) in [6.45, 7) is 1.03. The Morgan fingerprint density at radius 2 is 1.54 bits per heavy atom. The SMILES string of the molecule is CN(CCC=C1c2ccccc2CCc2ccccc21)C(=O)c1ccc2c(c1)CCN2S(C)(=O)=O. The van der Waals surface area contributed by atoms with Gasteiger partial charge in [0, 0.05) is 25.7 Å². The van der Waals surface area contributed by atoms with Crippen molar-refractivity contribution in [2.24, 2.45) is 0 Å². The number of carbonyl (C=O) groups excluding carboxylic acids is 1. The van der Waals surface area contributed by atoms with Crippen LogP contribution < -0.4 is 4.31 Å². The molecule has 3 aromatic carbocycles. The highest BCUT2D eigenvalue weighted by atomic mass is 32.2. The van der Waals surface area contributed by atoms with Crippen LogP contribution in [-0.2, 0) is 29.3 Å². The van der Waals surface area contributed by atoms with Crippen LogP contribution in [0.5, 0.6) is 0 Å². The topological polar surface area (TPSA) is 57.7 Å². The predicted molar refractivity (Wildman–Crippen MR) is 141 cm³/mol. The van der Waals surface area contributed by atoms with Gasteiger partial charge in [-0.05, 0) is 77.3 Å². The summed E-state index contributed by atoms with van der Waals surface area (Å²) in [5.41, 5.74) is 8.71. The Labute approximate surface area is 207 Å². The molecule has 2 aliphatic rings. The van der Waals surface area contributed by atoms with E-state index >= 15 is 0 Å². The Morgan fingerprint density at radius 1 is 0.914 bits per heavy atom. The van der Waals surface area contributed by atoms with E-state index in [-0.39, 0.29) is 5.91 Å². The minimum atomic E-state index is -3.30. The van der Waals surface area contributed by atoms with E-state index in [2.05, 4.69) is 54.6 Å². The second kappa shape index (κ2) is 9.34. The summed E-state index contributed by atoms with van der Waals surface area (Å²) in [4.78, 5) is 14.9. The van der Waals surface area contributed by atoms with Gasteiger partial charge >= 0.3 is 0 Å². The van der Waals surface area contributed by atoms with Crippen LogP contribution in [0, 0.1) is 0 Å². The summed E-state index contributed by atoms with van der Waals surface area (Å²) in [6.07, 6.45) is 6.90. The van der Waals surface area contributed by atoms with Crippen molar-refractivity contribution in [3.05, 3.63) is 106 Å². The fourth-order valence-corrected chi connectivity index (χ4v) is 6.17. The molecule has 1 heterocycles. The van der Waals surface area contributed by atoms with Crippen LogP contribution in [0.2, 0.25) is 0 Å². The van der Waals surface area contributed by atoms with Crippen LogP contribution in [0.25, 0.3) is 5.57 Å². The normalized spacial score (nSPS) is 14.6. The maximum absolute atomic E-state index is 13.1. The number of hydrogen-bond acceptors (Lipinski definition) is 3. The minimum absolute atomic E-state index is 0.0503. The number of carbonyl (C=O) groups is 1. The molecular formula is C29H30N2O3S. The molecule has 0 atom stereocenters. The molecule has 0 spiro atoms. The van der Waals surface area contributed by atoms with Gasteiger partial charge in [-0.1, -0.05) is 54.6 Å². The van der Waals surface area contributed by atoms with E-state index in [1.165, 1.54) is 38.4 Å². The molecule has 0 aromatic heterocycles. The third-order valence-corrected chi connectivity index (χ3v) is 8.20. The number of fused-ring (bicyclic) bond motifs is 3. The molecule has 6 heteroatoms. The summed E-state index contributed by atoms with van der Waals surface area (Å²) in [6, 6.07) is 22.5. The van der Waals surface area contributed by atoms with E-state index in [1.54, 1.807) is 17.0 Å². The van der Waals surface area contributed by atoms with Crippen molar-refractivity contribution in [1.29, 1.82) is 0 Å². The molecule has 0 fully saturated rings. The van der Waals surface area contributed by atoms with Gasteiger partial charge in [-0.25, -0.2) is 8.42 Å². The molecule has 1 aliphatic heterocycles. The molecule has 0 N–H and O–H groups in total. The largest absolute Gasteiger partial charge is 0.341 e. The van der Waals surface area contributed by atoms with E-state index < -0.39 is 10.0 Å². The van der Waals surface area contributed by atoms with Crippen LogP contribution in [0.3, 0.4) is 0 Å². The van der Waals surface area contributed by atoms with Crippen LogP contribution >= 0.6 is 0 Å². The first-order valence-corrected chi connectivity index (χ1v) is 13.9. The summed E-state index contributed by atoms with van der Waals surface area (Å²) in [5, 5.41) is 0. The first-order chi connectivity index (χ1) is 16.8. The van der Waals surface area contributed by atoms with Gasteiger partial charge in [0.25, 0.3) is 5.91 Å². The number of aryl methyl sites for hydroxylation is 2. The molecule has 180 valence electrons. The van der Waals surface area contributed by atoms with Crippen molar-refractivity contribution in [2.75, 3.05) is 30.7 Å². The number of sulfonamides is 1.